The van der Waals surface area contributed by atoms with Gasteiger partial charge in [0.15, 0.2) is 0 Å². The van der Waals surface area contributed by atoms with Crippen molar-refractivity contribution < 1.29 is 9.47 Å². The summed E-state index contributed by atoms with van der Waals surface area (Å²) in [5, 5.41) is 2.42. The molecule has 1 fully saturated rings. The van der Waals surface area contributed by atoms with E-state index in [-0.39, 0.29) is 6.10 Å². The Hall–Kier alpha value is -1.06. The predicted octanol–water partition coefficient (Wildman–Crippen LogP) is 4.16. The van der Waals surface area contributed by atoms with Crippen LogP contribution in [0.4, 0.5) is 0 Å². The van der Waals surface area contributed by atoms with Gasteiger partial charge in [0, 0.05) is 11.1 Å². The SMILES string of the molecule is Brc1ccc2cc(OC3CCCOC3)ccc2c1. The van der Waals surface area contributed by atoms with E-state index in [2.05, 4.69) is 46.3 Å². The van der Waals surface area contributed by atoms with E-state index in [9.17, 15) is 0 Å². The molecule has 2 aromatic carbocycles. The lowest BCUT2D eigenvalue weighted by molar-refractivity contribution is 0.00749. The Labute approximate surface area is 115 Å². The van der Waals surface area contributed by atoms with Crippen molar-refractivity contribution in [3.63, 3.8) is 0 Å². The van der Waals surface area contributed by atoms with E-state index in [1.165, 1.54) is 10.8 Å². The lowest BCUT2D eigenvalue weighted by Gasteiger charge is -2.23. The van der Waals surface area contributed by atoms with Gasteiger partial charge in [0.25, 0.3) is 0 Å². The van der Waals surface area contributed by atoms with E-state index in [1.54, 1.807) is 0 Å². The fourth-order valence-corrected chi connectivity index (χ4v) is 2.64. The highest BCUT2D eigenvalue weighted by Crippen LogP contribution is 2.25. The zero-order valence-electron chi connectivity index (χ0n) is 10.1. The average molecular weight is 307 g/mol. The minimum atomic E-state index is 0.201. The van der Waals surface area contributed by atoms with E-state index in [0.717, 1.165) is 29.7 Å². The van der Waals surface area contributed by atoms with E-state index < -0.39 is 0 Å². The summed E-state index contributed by atoms with van der Waals surface area (Å²) in [6, 6.07) is 12.5. The normalized spacial score (nSPS) is 19.9. The Morgan fingerprint density at radius 3 is 2.78 bits per heavy atom. The van der Waals surface area contributed by atoms with Crippen LogP contribution in [-0.4, -0.2) is 19.3 Å². The van der Waals surface area contributed by atoms with Gasteiger partial charge in [-0.1, -0.05) is 28.1 Å². The standard InChI is InChI=1S/C15H15BrO2/c16-13-5-3-12-9-14(6-4-11(12)8-13)18-15-2-1-7-17-10-15/h3-6,8-9,15H,1-2,7,10H2. The lowest BCUT2D eigenvalue weighted by Crippen LogP contribution is -2.27. The molecule has 1 unspecified atom stereocenters. The largest absolute Gasteiger partial charge is 0.488 e. The van der Waals surface area contributed by atoms with Gasteiger partial charge in [0.1, 0.15) is 11.9 Å². The molecule has 1 atom stereocenters. The molecule has 0 N–H and O–H groups in total. The molecule has 3 rings (SSSR count). The molecule has 2 nitrogen and oxygen atoms in total. The molecule has 0 bridgehead atoms. The van der Waals surface area contributed by atoms with E-state index in [0.29, 0.717) is 6.61 Å². The first kappa shape index (κ1) is 12.0. The summed E-state index contributed by atoms with van der Waals surface area (Å²) in [4.78, 5) is 0. The third-order valence-corrected chi connectivity index (χ3v) is 3.69. The minimum absolute atomic E-state index is 0.201. The second kappa shape index (κ2) is 5.29. The zero-order valence-corrected chi connectivity index (χ0v) is 11.7. The molecule has 2 aromatic rings. The van der Waals surface area contributed by atoms with Crippen LogP contribution >= 0.6 is 15.9 Å². The van der Waals surface area contributed by atoms with Crippen molar-refractivity contribution in [1.82, 2.24) is 0 Å². The quantitative estimate of drug-likeness (QED) is 0.829. The highest BCUT2D eigenvalue weighted by molar-refractivity contribution is 9.10. The number of benzene rings is 2. The molecule has 0 spiro atoms. The van der Waals surface area contributed by atoms with Crippen molar-refractivity contribution in [2.24, 2.45) is 0 Å². The van der Waals surface area contributed by atoms with Gasteiger partial charge in [0.05, 0.1) is 6.61 Å². The maximum atomic E-state index is 5.96. The van der Waals surface area contributed by atoms with Crippen LogP contribution in [0.15, 0.2) is 40.9 Å². The Balaban J connectivity index is 1.82. The maximum absolute atomic E-state index is 5.96. The van der Waals surface area contributed by atoms with Crippen molar-refractivity contribution in [2.45, 2.75) is 18.9 Å². The molecule has 18 heavy (non-hydrogen) atoms. The number of rotatable bonds is 2. The molecule has 0 aromatic heterocycles. The first-order valence-electron chi connectivity index (χ1n) is 6.25. The third kappa shape index (κ3) is 2.68. The number of fused-ring (bicyclic) bond motifs is 1. The summed E-state index contributed by atoms with van der Waals surface area (Å²) >= 11 is 3.48. The summed E-state index contributed by atoms with van der Waals surface area (Å²) in [7, 11) is 0. The molecule has 1 aliphatic heterocycles. The molecule has 0 amide bonds. The molecule has 3 heteroatoms. The monoisotopic (exact) mass is 306 g/mol. The molecule has 0 aliphatic carbocycles. The maximum Gasteiger partial charge on any atom is 0.122 e. The van der Waals surface area contributed by atoms with Crippen LogP contribution in [-0.2, 0) is 4.74 Å². The van der Waals surface area contributed by atoms with Gasteiger partial charge in [-0.2, -0.15) is 0 Å². The Bertz CT molecular complexity index is 547. The number of halogens is 1. The molecular formula is C15H15BrO2. The summed E-state index contributed by atoms with van der Waals surface area (Å²) < 4.78 is 12.5. The van der Waals surface area contributed by atoms with Crippen molar-refractivity contribution in [2.75, 3.05) is 13.2 Å². The average Bonchev–Trinajstić information content (AvgIpc) is 2.40. The zero-order chi connectivity index (χ0) is 12.4. The summed E-state index contributed by atoms with van der Waals surface area (Å²) in [6.45, 7) is 1.57. The number of ether oxygens (including phenoxy) is 2. The van der Waals surface area contributed by atoms with Crippen molar-refractivity contribution in [3.05, 3.63) is 40.9 Å². The third-order valence-electron chi connectivity index (χ3n) is 3.20. The van der Waals surface area contributed by atoms with Crippen LogP contribution in [0.25, 0.3) is 10.8 Å². The van der Waals surface area contributed by atoms with Gasteiger partial charge in [-0.15, -0.1) is 0 Å². The van der Waals surface area contributed by atoms with Gasteiger partial charge >= 0.3 is 0 Å². The van der Waals surface area contributed by atoms with Crippen LogP contribution < -0.4 is 4.74 Å². The molecule has 0 radical (unpaired) electrons. The van der Waals surface area contributed by atoms with Crippen LogP contribution in [0.1, 0.15) is 12.8 Å². The van der Waals surface area contributed by atoms with Crippen molar-refractivity contribution in [1.29, 1.82) is 0 Å². The Morgan fingerprint density at radius 2 is 1.94 bits per heavy atom. The summed E-state index contributed by atoms with van der Waals surface area (Å²) in [5.41, 5.74) is 0. The molecule has 1 heterocycles. The lowest BCUT2D eigenvalue weighted by atomic mass is 10.1. The van der Waals surface area contributed by atoms with Crippen LogP contribution in [0.3, 0.4) is 0 Å². The van der Waals surface area contributed by atoms with Crippen LogP contribution in [0.2, 0.25) is 0 Å². The molecule has 1 saturated heterocycles. The van der Waals surface area contributed by atoms with Gasteiger partial charge in [-0.05, 0) is 47.9 Å². The first-order chi connectivity index (χ1) is 8.81. The second-order valence-electron chi connectivity index (χ2n) is 4.61. The predicted molar refractivity (Wildman–Crippen MR) is 76.1 cm³/mol. The Kier molecular flexibility index (Phi) is 3.52. The van der Waals surface area contributed by atoms with E-state index in [4.69, 9.17) is 9.47 Å². The highest BCUT2D eigenvalue weighted by Gasteiger charge is 2.15. The highest BCUT2D eigenvalue weighted by atomic mass is 79.9. The minimum Gasteiger partial charge on any atom is -0.488 e. The van der Waals surface area contributed by atoms with Crippen molar-refractivity contribution >= 4 is 26.7 Å². The van der Waals surface area contributed by atoms with Gasteiger partial charge in [-0.25, -0.2) is 0 Å². The second-order valence-corrected chi connectivity index (χ2v) is 5.53. The summed E-state index contributed by atoms with van der Waals surface area (Å²) in [5.74, 6) is 0.931. The molecule has 94 valence electrons. The van der Waals surface area contributed by atoms with E-state index >= 15 is 0 Å². The fourth-order valence-electron chi connectivity index (χ4n) is 2.26. The summed E-state index contributed by atoms with van der Waals surface area (Å²) in [6.07, 6.45) is 2.37. The van der Waals surface area contributed by atoms with Crippen LogP contribution in [0, 0.1) is 0 Å². The van der Waals surface area contributed by atoms with Crippen molar-refractivity contribution in [3.8, 4) is 5.75 Å². The smallest absolute Gasteiger partial charge is 0.122 e. The Morgan fingerprint density at radius 1 is 1.11 bits per heavy atom. The molecule has 1 aliphatic rings. The van der Waals surface area contributed by atoms with E-state index in [1.807, 2.05) is 6.07 Å². The molecule has 0 saturated carbocycles. The van der Waals surface area contributed by atoms with Crippen LogP contribution in [0.5, 0.6) is 5.75 Å². The fraction of sp³-hybridized carbons (Fsp3) is 0.333. The first-order valence-corrected chi connectivity index (χ1v) is 7.04. The number of hydrogen-bond donors (Lipinski definition) is 0. The van der Waals surface area contributed by atoms with Gasteiger partial charge in [0.2, 0.25) is 0 Å². The van der Waals surface area contributed by atoms with Gasteiger partial charge in [-0.3, -0.25) is 0 Å². The van der Waals surface area contributed by atoms with Gasteiger partial charge < -0.3 is 9.47 Å². The number of hydrogen-bond acceptors (Lipinski definition) is 2. The molecular weight excluding hydrogens is 292 g/mol. The topological polar surface area (TPSA) is 18.5 Å².